The minimum absolute atomic E-state index is 0.625. The van der Waals surface area contributed by atoms with Crippen molar-refractivity contribution in [2.45, 2.75) is 53.4 Å². The van der Waals surface area contributed by atoms with Gasteiger partial charge in [-0.2, -0.15) is 0 Å². The maximum Gasteiger partial charge on any atom is 0.00204 e. The molecule has 2 rings (SSSR count). The van der Waals surface area contributed by atoms with Crippen LogP contribution >= 0.6 is 0 Å². The maximum atomic E-state index is 3.41. The lowest BCUT2D eigenvalue weighted by atomic mass is 9.61. The van der Waals surface area contributed by atoms with Crippen LogP contribution < -0.4 is 5.32 Å². The topological polar surface area (TPSA) is 12.0 Å². The minimum atomic E-state index is 0.625. The minimum Gasteiger partial charge on any atom is -0.316 e. The average Bonchev–Trinajstić information content (AvgIpc) is 2.04. The van der Waals surface area contributed by atoms with Gasteiger partial charge in [0, 0.05) is 13.1 Å². The first-order chi connectivity index (χ1) is 6.12. The van der Waals surface area contributed by atoms with Gasteiger partial charge in [0.1, 0.15) is 0 Å². The Kier molecular flexibility index (Phi) is 3.39. The van der Waals surface area contributed by atoms with Crippen LogP contribution in [0, 0.1) is 10.8 Å². The summed E-state index contributed by atoms with van der Waals surface area (Å²) >= 11 is 0. The highest BCUT2D eigenvalue weighted by molar-refractivity contribution is 4.98. The summed E-state index contributed by atoms with van der Waals surface area (Å²) < 4.78 is 0. The van der Waals surface area contributed by atoms with Crippen LogP contribution in [-0.2, 0) is 0 Å². The second-order valence-electron chi connectivity index (χ2n) is 5.30. The van der Waals surface area contributed by atoms with Crippen LogP contribution in [0.25, 0.3) is 0 Å². The summed E-state index contributed by atoms with van der Waals surface area (Å²) in [6.45, 7) is 11.4. The zero-order valence-corrected chi connectivity index (χ0v) is 9.74. The van der Waals surface area contributed by atoms with E-state index in [0.29, 0.717) is 5.41 Å². The van der Waals surface area contributed by atoms with E-state index in [2.05, 4.69) is 19.2 Å². The van der Waals surface area contributed by atoms with Crippen molar-refractivity contribution in [1.29, 1.82) is 0 Å². The zero-order chi connectivity index (χ0) is 9.95. The van der Waals surface area contributed by atoms with Gasteiger partial charge in [0.05, 0.1) is 0 Å². The molecule has 0 amide bonds. The smallest absolute Gasteiger partial charge is 0.00204 e. The Labute approximate surface area is 83.3 Å². The van der Waals surface area contributed by atoms with Gasteiger partial charge in [-0.3, -0.25) is 0 Å². The highest BCUT2D eigenvalue weighted by atomic mass is 15.0. The monoisotopic (exact) mass is 183 g/mol. The summed E-state index contributed by atoms with van der Waals surface area (Å²) in [4.78, 5) is 0. The van der Waals surface area contributed by atoms with Crippen molar-refractivity contribution in [1.82, 2.24) is 5.32 Å². The van der Waals surface area contributed by atoms with E-state index in [9.17, 15) is 0 Å². The van der Waals surface area contributed by atoms with E-state index in [1.165, 1.54) is 38.8 Å². The predicted octanol–water partition coefficient (Wildman–Crippen LogP) is 3.20. The molecule has 2 fully saturated rings. The Bertz CT molecular complexity index is 157. The van der Waals surface area contributed by atoms with Crippen molar-refractivity contribution in [3.05, 3.63) is 0 Å². The van der Waals surface area contributed by atoms with Gasteiger partial charge in [0.15, 0.2) is 0 Å². The van der Waals surface area contributed by atoms with Crippen LogP contribution in [0.3, 0.4) is 0 Å². The van der Waals surface area contributed by atoms with Crippen LogP contribution in [0.1, 0.15) is 53.4 Å². The van der Waals surface area contributed by atoms with Gasteiger partial charge in [-0.15, -0.1) is 0 Å². The number of rotatable bonds is 0. The lowest BCUT2D eigenvalue weighted by molar-refractivity contribution is 0.0345. The largest absolute Gasteiger partial charge is 0.316 e. The Hall–Kier alpha value is -0.0400. The molecule has 1 N–H and O–H groups in total. The van der Waals surface area contributed by atoms with Crippen molar-refractivity contribution < 1.29 is 0 Å². The van der Waals surface area contributed by atoms with Crippen LogP contribution in [-0.4, -0.2) is 13.1 Å². The van der Waals surface area contributed by atoms with Gasteiger partial charge in [-0.05, 0) is 30.1 Å². The van der Waals surface area contributed by atoms with Crippen molar-refractivity contribution in [3.8, 4) is 0 Å². The van der Waals surface area contributed by atoms with Gasteiger partial charge in [-0.25, -0.2) is 0 Å². The summed E-state index contributed by atoms with van der Waals surface area (Å²) in [5.41, 5.74) is 1.35. The molecule has 0 aromatic rings. The van der Waals surface area contributed by atoms with Crippen LogP contribution in [0.4, 0.5) is 0 Å². The summed E-state index contributed by atoms with van der Waals surface area (Å²) in [7, 11) is 0. The van der Waals surface area contributed by atoms with E-state index >= 15 is 0 Å². The fourth-order valence-electron chi connectivity index (χ4n) is 2.91. The van der Waals surface area contributed by atoms with Gasteiger partial charge >= 0.3 is 0 Å². The highest BCUT2D eigenvalue weighted by Crippen LogP contribution is 2.47. The molecule has 2 aliphatic rings. The highest BCUT2D eigenvalue weighted by Gasteiger charge is 2.43. The zero-order valence-electron chi connectivity index (χ0n) is 9.74. The molecule has 0 unspecified atom stereocenters. The van der Waals surface area contributed by atoms with Crippen LogP contribution in [0.2, 0.25) is 0 Å². The van der Waals surface area contributed by atoms with Crippen molar-refractivity contribution in [3.63, 3.8) is 0 Å². The third-order valence-electron chi connectivity index (χ3n) is 3.41. The SMILES string of the molecule is CC.CC1(C)CCCC2(CNC2)C1. The quantitative estimate of drug-likeness (QED) is 0.608. The summed E-state index contributed by atoms with van der Waals surface area (Å²) in [5.74, 6) is 0. The Morgan fingerprint density at radius 2 is 1.62 bits per heavy atom. The maximum absolute atomic E-state index is 3.41. The van der Waals surface area contributed by atoms with E-state index in [0.717, 1.165) is 5.41 Å². The van der Waals surface area contributed by atoms with Crippen LogP contribution in [0.15, 0.2) is 0 Å². The molecule has 0 atom stereocenters. The first-order valence-electron chi connectivity index (χ1n) is 5.83. The molecule has 1 spiro atoms. The first-order valence-corrected chi connectivity index (χ1v) is 5.83. The normalized spacial score (nSPS) is 28.6. The standard InChI is InChI=1S/C10H19N.C2H6/c1-9(2)4-3-5-10(6-9)7-11-8-10;1-2/h11H,3-8H2,1-2H3;1-2H3. The van der Waals surface area contributed by atoms with Gasteiger partial charge in [-0.1, -0.05) is 34.1 Å². The fraction of sp³-hybridized carbons (Fsp3) is 1.00. The van der Waals surface area contributed by atoms with Crippen LogP contribution in [0.5, 0.6) is 0 Å². The molecule has 1 saturated heterocycles. The Balaban J connectivity index is 0.000000396. The molecule has 1 aliphatic carbocycles. The first kappa shape index (κ1) is 11.0. The van der Waals surface area contributed by atoms with Gasteiger partial charge < -0.3 is 5.32 Å². The molecule has 0 aromatic heterocycles. The Morgan fingerprint density at radius 3 is 1.92 bits per heavy atom. The molecule has 13 heavy (non-hydrogen) atoms. The number of hydrogen-bond acceptors (Lipinski definition) is 1. The van der Waals surface area contributed by atoms with Crippen molar-refractivity contribution >= 4 is 0 Å². The Morgan fingerprint density at radius 1 is 1.00 bits per heavy atom. The fourth-order valence-corrected chi connectivity index (χ4v) is 2.91. The van der Waals surface area contributed by atoms with E-state index in [1.54, 1.807) is 0 Å². The molecule has 1 heteroatoms. The molecule has 1 aliphatic heterocycles. The molecule has 1 heterocycles. The van der Waals surface area contributed by atoms with E-state index in [4.69, 9.17) is 0 Å². The molecule has 0 aromatic carbocycles. The summed E-state index contributed by atoms with van der Waals surface area (Å²) in [6.07, 6.45) is 5.82. The molecular formula is C12H25N. The molecule has 1 saturated carbocycles. The predicted molar refractivity (Wildman–Crippen MR) is 58.9 cm³/mol. The summed E-state index contributed by atoms with van der Waals surface area (Å²) in [6, 6.07) is 0. The molecular weight excluding hydrogens is 158 g/mol. The average molecular weight is 183 g/mol. The van der Waals surface area contributed by atoms with Crippen molar-refractivity contribution in [2.75, 3.05) is 13.1 Å². The molecule has 1 nitrogen and oxygen atoms in total. The lowest BCUT2D eigenvalue weighted by Crippen LogP contribution is -2.56. The summed E-state index contributed by atoms with van der Waals surface area (Å²) in [5, 5.41) is 3.41. The number of nitrogens with one attached hydrogen (secondary N) is 1. The third-order valence-corrected chi connectivity index (χ3v) is 3.41. The van der Waals surface area contributed by atoms with E-state index in [-0.39, 0.29) is 0 Å². The lowest BCUT2D eigenvalue weighted by Gasteiger charge is -2.51. The van der Waals surface area contributed by atoms with E-state index in [1.807, 2.05) is 13.8 Å². The molecule has 78 valence electrons. The molecule has 0 bridgehead atoms. The number of hydrogen-bond donors (Lipinski definition) is 1. The van der Waals surface area contributed by atoms with Crippen molar-refractivity contribution in [2.24, 2.45) is 10.8 Å². The molecule has 0 radical (unpaired) electrons. The van der Waals surface area contributed by atoms with E-state index < -0.39 is 0 Å². The van der Waals surface area contributed by atoms with Gasteiger partial charge in [0.25, 0.3) is 0 Å². The second-order valence-corrected chi connectivity index (χ2v) is 5.30. The second kappa shape index (κ2) is 4.00. The third kappa shape index (κ3) is 2.46. The van der Waals surface area contributed by atoms with Gasteiger partial charge in [0.2, 0.25) is 0 Å².